The van der Waals surface area contributed by atoms with Crippen molar-refractivity contribution in [2.24, 2.45) is 0 Å². The molecule has 128 valence electrons. The summed E-state index contributed by atoms with van der Waals surface area (Å²) in [6, 6.07) is 7.29. The first kappa shape index (κ1) is 16.9. The van der Waals surface area contributed by atoms with E-state index < -0.39 is 0 Å². The molecule has 0 unspecified atom stereocenters. The number of carbonyl (C=O) groups excluding carboxylic acids is 1. The van der Waals surface area contributed by atoms with Crippen molar-refractivity contribution in [1.82, 2.24) is 14.5 Å². The topological polar surface area (TPSA) is 62.5 Å². The first-order valence-electron chi connectivity index (χ1n) is 8.43. The van der Waals surface area contributed by atoms with Gasteiger partial charge in [0.2, 0.25) is 5.91 Å². The average Bonchev–Trinajstić information content (AvgIpc) is 2.61. The predicted molar refractivity (Wildman–Crippen MR) is 95.8 cm³/mol. The van der Waals surface area contributed by atoms with Crippen LogP contribution in [0.25, 0.3) is 10.9 Å². The van der Waals surface area contributed by atoms with Crippen LogP contribution < -0.4 is 10.5 Å². The van der Waals surface area contributed by atoms with Crippen LogP contribution in [0.1, 0.15) is 13.3 Å². The van der Waals surface area contributed by atoms with Gasteiger partial charge in [-0.05, 0) is 31.3 Å². The highest BCUT2D eigenvalue weighted by molar-refractivity contribution is 7.71. The van der Waals surface area contributed by atoms with Crippen molar-refractivity contribution in [3.8, 4) is 0 Å². The number of nitrogens with zero attached hydrogens (tertiary/aromatic N) is 2. The molecule has 2 heterocycles. The van der Waals surface area contributed by atoms with Crippen molar-refractivity contribution in [2.75, 3.05) is 32.7 Å². The maximum Gasteiger partial charge on any atom is 0.262 e. The number of aromatic amines is 1. The molecule has 3 rings (SSSR count). The van der Waals surface area contributed by atoms with E-state index in [0.717, 1.165) is 38.2 Å². The zero-order valence-electron chi connectivity index (χ0n) is 13.9. The molecule has 0 aliphatic carbocycles. The van der Waals surface area contributed by atoms with Crippen molar-refractivity contribution < 1.29 is 9.69 Å². The van der Waals surface area contributed by atoms with Gasteiger partial charge in [-0.25, -0.2) is 0 Å². The third-order valence-electron chi connectivity index (χ3n) is 4.76. The lowest BCUT2D eigenvalue weighted by Gasteiger charge is -2.31. The number of likely N-dealkylation sites (N-methyl/N-ethyl adjacent to an activating group) is 1. The molecule has 0 saturated carbocycles. The molecule has 1 amide bonds. The van der Waals surface area contributed by atoms with Crippen LogP contribution in [0.4, 0.5) is 0 Å². The summed E-state index contributed by atoms with van der Waals surface area (Å²) in [6.45, 7) is 7.17. The van der Waals surface area contributed by atoms with E-state index in [0.29, 0.717) is 23.1 Å². The largest absolute Gasteiger partial charge is 0.332 e. The molecule has 24 heavy (non-hydrogen) atoms. The molecule has 2 N–H and O–H groups in total. The average molecular weight is 347 g/mol. The molecule has 1 aromatic heterocycles. The van der Waals surface area contributed by atoms with Crippen molar-refractivity contribution in [3.05, 3.63) is 39.4 Å². The molecule has 6 nitrogen and oxygen atoms in total. The second-order valence-electron chi connectivity index (χ2n) is 6.17. The van der Waals surface area contributed by atoms with Gasteiger partial charge in [0.15, 0.2) is 4.77 Å². The second kappa shape index (κ2) is 7.27. The Balaban J connectivity index is 1.71. The molecular formula is C17H23N4O2S+. The summed E-state index contributed by atoms with van der Waals surface area (Å²) >= 11 is 5.29. The first-order valence-corrected chi connectivity index (χ1v) is 8.84. The number of piperazine rings is 1. The highest BCUT2D eigenvalue weighted by Crippen LogP contribution is 2.06. The molecule has 1 fully saturated rings. The molecule has 0 atom stereocenters. The van der Waals surface area contributed by atoms with Crippen molar-refractivity contribution >= 4 is 29.0 Å². The minimum atomic E-state index is -0.137. The summed E-state index contributed by atoms with van der Waals surface area (Å²) in [5.74, 6) is 0.0969. The van der Waals surface area contributed by atoms with E-state index in [1.807, 2.05) is 23.1 Å². The lowest BCUT2D eigenvalue weighted by Crippen LogP contribution is -3.14. The number of H-pyrrole nitrogens is 1. The fraction of sp³-hybridized carbons (Fsp3) is 0.471. The minimum absolute atomic E-state index is 0.0969. The van der Waals surface area contributed by atoms with E-state index in [4.69, 9.17) is 12.2 Å². The Morgan fingerprint density at radius 3 is 2.71 bits per heavy atom. The number of para-hydroxylation sites is 1. The van der Waals surface area contributed by atoms with Crippen LogP contribution >= 0.6 is 12.2 Å². The van der Waals surface area contributed by atoms with Gasteiger partial charge in [-0.3, -0.25) is 14.2 Å². The summed E-state index contributed by atoms with van der Waals surface area (Å²) in [7, 11) is 0. The third kappa shape index (κ3) is 3.42. The van der Waals surface area contributed by atoms with Gasteiger partial charge in [-0.2, -0.15) is 0 Å². The quantitative estimate of drug-likeness (QED) is 0.777. The number of hydrogen-bond donors (Lipinski definition) is 2. The molecular weight excluding hydrogens is 324 g/mol. The van der Waals surface area contributed by atoms with E-state index in [-0.39, 0.29) is 11.5 Å². The Hall–Kier alpha value is -1.99. The number of carbonyl (C=O) groups is 1. The highest BCUT2D eigenvalue weighted by Gasteiger charge is 2.22. The molecule has 1 aliphatic heterocycles. The molecule has 7 heteroatoms. The molecule has 1 aromatic carbocycles. The van der Waals surface area contributed by atoms with Crippen molar-refractivity contribution in [2.45, 2.75) is 19.9 Å². The zero-order valence-corrected chi connectivity index (χ0v) is 14.7. The Kier molecular flexibility index (Phi) is 5.11. The van der Waals surface area contributed by atoms with Crippen molar-refractivity contribution in [3.63, 3.8) is 0 Å². The van der Waals surface area contributed by atoms with Gasteiger partial charge in [-0.15, -0.1) is 0 Å². The molecule has 0 radical (unpaired) electrons. The smallest absolute Gasteiger partial charge is 0.262 e. The number of rotatable bonds is 4. The van der Waals surface area contributed by atoms with Gasteiger partial charge < -0.3 is 14.8 Å². The molecule has 1 saturated heterocycles. The van der Waals surface area contributed by atoms with Crippen LogP contribution in [0.5, 0.6) is 0 Å². The lowest BCUT2D eigenvalue weighted by atomic mass is 10.2. The molecule has 0 spiro atoms. The maximum atomic E-state index is 12.6. The standard InChI is InChI=1S/C17H22N4O2S/c1-2-19-9-11-20(12-10-19)15(22)7-8-21-16(23)13-5-3-4-6-14(13)18-17(21)24/h3-6H,2,7-12H2,1H3,(H,18,24)/p+1. The van der Waals surface area contributed by atoms with Gasteiger partial charge in [0.25, 0.3) is 5.56 Å². The van der Waals surface area contributed by atoms with Gasteiger partial charge in [0, 0.05) is 13.0 Å². The molecule has 1 aliphatic rings. The van der Waals surface area contributed by atoms with E-state index in [1.165, 1.54) is 9.47 Å². The third-order valence-corrected chi connectivity index (χ3v) is 5.08. The zero-order chi connectivity index (χ0) is 17.1. The predicted octanol–water partition coefficient (Wildman–Crippen LogP) is 0.196. The Labute approximate surface area is 145 Å². The molecule has 2 aromatic rings. The van der Waals surface area contributed by atoms with E-state index in [2.05, 4.69) is 11.9 Å². The second-order valence-corrected chi connectivity index (χ2v) is 6.55. The van der Waals surface area contributed by atoms with E-state index >= 15 is 0 Å². The summed E-state index contributed by atoms with van der Waals surface area (Å²) in [4.78, 5) is 31.5. The van der Waals surface area contributed by atoms with Crippen LogP contribution in [0.2, 0.25) is 0 Å². The van der Waals surface area contributed by atoms with Crippen LogP contribution in [0.15, 0.2) is 29.1 Å². The summed E-state index contributed by atoms with van der Waals surface area (Å²) in [6.07, 6.45) is 0.303. The van der Waals surface area contributed by atoms with Gasteiger partial charge in [0.1, 0.15) is 0 Å². The minimum Gasteiger partial charge on any atom is -0.332 e. The SMILES string of the molecule is CC[NH+]1CCN(C(=O)CCn2c(=S)[nH]c3ccccc3c2=O)CC1. The Morgan fingerprint density at radius 2 is 2.00 bits per heavy atom. The van der Waals surface area contributed by atoms with Crippen LogP contribution in [0.3, 0.4) is 0 Å². The monoisotopic (exact) mass is 347 g/mol. The number of amides is 1. The Morgan fingerprint density at radius 1 is 1.29 bits per heavy atom. The number of fused-ring (bicyclic) bond motifs is 1. The first-order chi connectivity index (χ1) is 11.6. The van der Waals surface area contributed by atoms with Gasteiger partial charge in [0.05, 0.1) is 43.6 Å². The van der Waals surface area contributed by atoms with Gasteiger partial charge in [-0.1, -0.05) is 12.1 Å². The van der Waals surface area contributed by atoms with Crippen LogP contribution in [-0.2, 0) is 11.3 Å². The number of nitrogens with one attached hydrogen (secondary N) is 2. The Bertz CT molecular complexity index is 850. The fourth-order valence-corrected chi connectivity index (χ4v) is 3.48. The van der Waals surface area contributed by atoms with Crippen molar-refractivity contribution in [1.29, 1.82) is 0 Å². The van der Waals surface area contributed by atoms with Crippen LogP contribution in [-0.4, -0.2) is 53.1 Å². The molecule has 0 bridgehead atoms. The number of hydrogen-bond acceptors (Lipinski definition) is 3. The van der Waals surface area contributed by atoms with Gasteiger partial charge >= 0.3 is 0 Å². The van der Waals surface area contributed by atoms with E-state index in [1.54, 1.807) is 6.07 Å². The van der Waals surface area contributed by atoms with Crippen LogP contribution in [0, 0.1) is 4.77 Å². The number of benzene rings is 1. The number of aromatic nitrogens is 2. The summed E-state index contributed by atoms with van der Waals surface area (Å²) in [5, 5.41) is 0.596. The maximum absolute atomic E-state index is 12.6. The number of quaternary nitrogens is 1. The van der Waals surface area contributed by atoms with E-state index in [9.17, 15) is 9.59 Å². The highest BCUT2D eigenvalue weighted by atomic mass is 32.1. The summed E-state index contributed by atoms with van der Waals surface area (Å²) in [5.41, 5.74) is 0.594. The summed E-state index contributed by atoms with van der Waals surface area (Å²) < 4.78 is 1.86. The normalized spacial score (nSPS) is 15.8. The lowest BCUT2D eigenvalue weighted by molar-refractivity contribution is -0.902. The fourth-order valence-electron chi connectivity index (χ4n) is 3.19.